The van der Waals surface area contributed by atoms with E-state index in [9.17, 15) is 0 Å². The molecular formula is C20H15NO. The fourth-order valence-corrected chi connectivity index (χ4v) is 2.65. The summed E-state index contributed by atoms with van der Waals surface area (Å²) in [6.45, 7) is 2.11. The minimum absolute atomic E-state index is 0.663. The number of oxazole rings is 1. The van der Waals surface area contributed by atoms with Crippen molar-refractivity contribution >= 4 is 11.1 Å². The van der Waals surface area contributed by atoms with E-state index in [1.807, 2.05) is 36.4 Å². The Balaban J connectivity index is 1.81. The molecule has 0 bridgehead atoms. The van der Waals surface area contributed by atoms with E-state index in [1.54, 1.807) is 0 Å². The monoisotopic (exact) mass is 285 g/mol. The first kappa shape index (κ1) is 12.8. The van der Waals surface area contributed by atoms with Crippen LogP contribution in [0.5, 0.6) is 0 Å². The third kappa shape index (κ3) is 2.29. The van der Waals surface area contributed by atoms with Crippen molar-refractivity contribution < 1.29 is 4.42 Å². The molecule has 0 aliphatic heterocycles. The molecule has 3 aromatic carbocycles. The van der Waals surface area contributed by atoms with Gasteiger partial charge in [-0.25, -0.2) is 4.98 Å². The summed E-state index contributed by atoms with van der Waals surface area (Å²) in [7, 11) is 0. The summed E-state index contributed by atoms with van der Waals surface area (Å²) in [5, 5.41) is 0. The highest BCUT2D eigenvalue weighted by atomic mass is 16.3. The Labute approximate surface area is 129 Å². The first-order valence-corrected chi connectivity index (χ1v) is 7.33. The standard InChI is InChI=1S/C20H15NO/c1-14-6-4-7-15(12-14)16-8-5-9-17(13-16)20-21-18-10-2-3-11-19(18)22-20/h2-13H,1H3. The minimum atomic E-state index is 0.663. The van der Waals surface area contributed by atoms with Crippen LogP contribution in [0.3, 0.4) is 0 Å². The molecule has 0 saturated carbocycles. The van der Waals surface area contributed by atoms with Crippen molar-refractivity contribution in [3.05, 3.63) is 78.4 Å². The molecule has 0 aliphatic carbocycles. The van der Waals surface area contributed by atoms with E-state index >= 15 is 0 Å². The zero-order valence-corrected chi connectivity index (χ0v) is 12.3. The Bertz CT molecular complexity index is 920. The molecule has 0 radical (unpaired) electrons. The number of para-hydroxylation sites is 2. The second-order valence-corrected chi connectivity index (χ2v) is 5.44. The van der Waals surface area contributed by atoms with Crippen LogP contribution in [-0.4, -0.2) is 4.98 Å². The number of hydrogen-bond acceptors (Lipinski definition) is 2. The van der Waals surface area contributed by atoms with Crippen LogP contribution < -0.4 is 0 Å². The number of aryl methyl sites for hydroxylation is 1. The zero-order chi connectivity index (χ0) is 14.9. The van der Waals surface area contributed by atoms with E-state index < -0.39 is 0 Å². The Morgan fingerprint density at radius 3 is 2.27 bits per heavy atom. The Hall–Kier alpha value is -2.87. The molecule has 0 amide bonds. The number of rotatable bonds is 2. The fraction of sp³-hybridized carbons (Fsp3) is 0.0500. The third-order valence-electron chi connectivity index (χ3n) is 3.75. The van der Waals surface area contributed by atoms with Crippen molar-refractivity contribution in [2.24, 2.45) is 0 Å². The molecule has 2 nitrogen and oxygen atoms in total. The molecule has 2 heteroatoms. The van der Waals surface area contributed by atoms with Crippen LogP contribution in [0.4, 0.5) is 0 Å². The number of benzene rings is 3. The molecule has 0 unspecified atom stereocenters. The predicted octanol–water partition coefficient (Wildman–Crippen LogP) is 5.47. The Morgan fingerprint density at radius 2 is 1.45 bits per heavy atom. The molecule has 4 aromatic rings. The summed E-state index contributed by atoms with van der Waals surface area (Å²) in [5.74, 6) is 0.663. The van der Waals surface area contributed by atoms with Crippen LogP contribution in [0.2, 0.25) is 0 Å². The normalized spacial score (nSPS) is 11.0. The maximum atomic E-state index is 5.86. The lowest BCUT2D eigenvalue weighted by Crippen LogP contribution is -1.82. The lowest BCUT2D eigenvalue weighted by Gasteiger charge is -2.04. The summed E-state index contributed by atoms with van der Waals surface area (Å²) in [4.78, 5) is 4.57. The van der Waals surface area contributed by atoms with Crippen molar-refractivity contribution in [3.63, 3.8) is 0 Å². The van der Waals surface area contributed by atoms with Gasteiger partial charge in [-0.15, -0.1) is 0 Å². The summed E-state index contributed by atoms with van der Waals surface area (Å²) >= 11 is 0. The van der Waals surface area contributed by atoms with Gasteiger partial charge >= 0.3 is 0 Å². The van der Waals surface area contributed by atoms with Crippen LogP contribution in [0.25, 0.3) is 33.7 Å². The molecule has 0 atom stereocenters. The summed E-state index contributed by atoms with van der Waals surface area (Å²) in [6, 6.07) is 24.6. The van der Waals surface area contributed by atoms with Crippen LogP contribution >= 0.6 is 0 Å². The lowest BCUT2D eigenvalue weighted by atomic mass is 10.0. The highest BCUT2D eigenvalue weighted by molar-refractivity contribution is 5.77. The minimum Gasteiger partial charge on any atom is -0.436 e. The van der Waals surface area contributed by atoms with Gasteiger partial charge in [-0.05, 0) is 42.3 Å². The van der Waals surface area contributed by atoms with Crippen LogP contribution in [-0.2, 0) is 0 Å². The Morgan fingerprint density at radius 1 is 0.727 bits per heavy atom. The topological polar surface area (TPSA) is 26.0 Å². The van der Waals surface area contributed by atoms with E-state index in [4.69, 9.17) is 4.42 Å². The number of fused-ring (bicyclic) bond motifs is 1. The van der Waals surface area contributed by atoms with E-state index in [0.29, 0.717) is 5.89 Å². The summed E-state index contributed by atoms with van der Waals surface area (Å²) in [6.07, 6.45) is 0. The predicted molar refractivity (Wildman–Crippen MR) is 89.6 cm³/mol. The van der Waals surface area contributed by atoms with Gasteiger partial charge in [0.25, 0.3) is 0 Å². The van der Waals surface area contributed by atoms with Gasteiger partial charge in [0.05, 0.1) is 0 Å². The van der Waals surface area contributed by atoms with Gasteiger partial charge < -0.3 is 4.42 Å². The van der Waals surface area contributed by atoms with Gasteiger partial charge in [0.1, 0.15) is 5.52 Å². The number of aromatic nitrogens is 1. The maximum Gasteiger partial charge on any atom is 0.227 e. The van der Waals surface area contributed by atoms with Gasteiger partial charge in [-0.2, -0.15) is 0 Å². The number of nitrogens with zero attached hydrogens (tertiary/aromatic N) is 1. The quantitative estimate of drug-likeness (QED) is 0.488. The highest BCUT2D eigenvalue weighted by Crippen LogP contribution is 2.28. The van der Waals surface area contributed by atoms with Gasteiger partial charge in [-0.3, -0.25) is 0 Å². The third-order valence-corrected chi connectivity index (χ3v) is 3.75. The molecule has 4 rings (SSSR count). The average molecular weight is 285 g/mol. The van der Waals surface area contributed by atoms with Crippen LogP contribution in [0.15, 0.2) is 77.2 Å². The molecular weight excluding hydrogens is 270 g/mol. The maximum absolute atomic E-state index is 5.86. The van der Waals surface area contributed by atoms with E-state index in [0.717, 1.165) is 16.7 Å². The Kier molecular flexibility index (Phi) is 3.01. The number of hydrogen-bond donors (Lipinski definition) is 0. The largest absolute Gasteiger partial charge is 0.436 e. The van der Waals surface area contributed by atoms with E-state index in [-0.39, 0.29) is 0 Å². The molecule has 106 valence electrons. The van der Waals surface area contributed by atoms with Crippen molar-refractivity contribution in [2.45, 2.75) is 6.92 Å². The first-order valence-electron chi connectivity index (χ1n) is 7.33. The molecule has 0 saturated heterocycles. The lowest BCUT2D eigenvalue weighted by molar-refractivity contribution is 0.620. The van der Waals surface area contributed by atoms with Crippen molar-refractivity contribution in [1.82, 2.24) is 4.98 Å². The molecule has 0 fully saturated rings. The van der Waals surface area contributed by atoms with Gasteiger partial charge in [0.15, 0.2) is 5.58 Å². The van der Waals surface area contributed by atoms with E-state index in [1.165, 1.54) is 16.7 Å². The zero-order valence-electron chi connectivity index (χ0n) is 12.3. The first-order chi connectivity index (χ1) is 10.8. The van der Waals surface area contributed by atoms with Gasteiger partial charge in [-0.1, -0.05) is 54.1 Å². The molecule has 1 aromatic heterocycles. The molecule has 1 heterocycles. The van der Waals surface area contributed by atoms with Crippen molar-refractivity contribution in [1.29, 1.82) is 0 Å². The highest BCUT2D eigenvalue weighted by Gasteiger charge is 2.08. The second-order valence-electron chi connectivity index (χ2n) is 5.44. The summed E-state index contributed by atoms with van der Waals surface area (Å²) < 4.78 is 5.86. The van der Waals surface area contributed by atoms with Crippen LogP contribution in [0, 0.1) is 6.92 Å². The van der Waals surface area contributed by atoms with Crippen molar-refractivity contribution in [2.75, 3.05) is 0 Å². The SMILES string of the molecule is Cc1cccc(-c2cccc(-c3nc4ccccc4o3)c2)c1. The molecule has 0 aliphatic rings. The molecule has 22 heavy (non-hydrogen) atoms. The van der Waals surface area contributed by atoms with Crippen LogP contribution in [0.1, 0.15) is 5.56 Å². The van der Waals surface area contributed by atoms with E-state index in [2.05, 4.69) is 48.3 Å². The summed E-state index contributed by atoms with van der Waals surface area (Å²) in [5.41, 5.74) is 6.33. The second kappa shape index (κ2) is 5.15. The average Bonchev–Trinajstić information content (AvgIpc) is 2.99. The molecule has 0 N–H and O–H groups in total. The smallest absolute Gasteiger partial charge is 0.227 e. The van der Waals surface area contributed by atoms with Gasteiger partial charge in [0.2, 0.25) is 5.89 Å². The van der Waals surface area contributed by atoms with Crippen molar-refractivity contribution in [3.8, 4) is 22.6 Å². The van der Waals surface area contributed by atoms with Gasteiger partial charge in [0, 0.05) is 5.56 Å². The molecule has 0 spiro atoms. The fourth-order valence-electron chi connectivity index (χ4n) is 2.65.